The fourth-order valence-corrected chi connectivity index (χ4v) is 5.81. The fourth-order valence-electron chi connectivity index (χ4n) is 5.81. The van der Waals surface area contributed by atoms with Gasteiger partial charge in [-0.3, -0.25) is 9.78 Å². The molecule has 7 nitrogen and oxygen atoms in total. The van der Waals surface area contributed by atoms with Gasteiger partial charge in [-0.2, -0.15) is 0 Å². The van der Waals surface area contributed by atoms with Crippen molar-refractivity contribution in [3.63, 3.8) is 0 Å². The fraction of sp³-hybridized carbons (Fsp3) is 0.423. The zero-order valence-electron chi connectivity index (χ0n) is 19.1. The van der Waals surface area contributed by atoms with Gasteiger partial charge in [0, 0.05) is 39.8 Å². The van der Waals surface area contributed by atoms with Crippen LogP contribution in [-0.2, 0) is 17.9 Å². The molecule has 0 atom stereocenters. The van der Waals surface area contributed by atoms with Gasteiger partial charge in [0.05, 0.1) is 28.3 Å². The quantitative estimate of drug-likeness (QED) is 0.670. The maximum absolute atomic E-state index is 13.7. The van der Waals surface area contributed by atoms with Crippen LogP contribution in [0.15, 0.2) is 48.7 Å². The first-order valence-corrected chi connectivity index (χ1v) is 12.0. The highest BCUT2D eigenvalue weighted by Gasteiger charge is 2.46. The van der Waals surface area contributed by atoms with Crippen LogP contribution >= 0.6 is 0 Å². The highest BCUT2D eigenvalue weighted by atomic mass is 16.2. The molecule has 1 amide bonds. The van der Waals surface area contributed by atoms with Gasteiger partial charge in [0.2, 0.25) is 5.91 Å². The van der Waals surface area contributed by atoms with Gasteiger partial charge in [0.25, 0.3) is 0 Å². The molecule has 0 saturated carbocycles. The Bertz CT molecular complexity index is 1200. The number of fused-ring (bicyclic) bond motifs is 2. The Labute approximate surface area is 194 Å². The van der Waals surface area contributed by atoms with Gasteiger partial charge < -0.3 is 14.8 Å². The number of anilines is 2. The largest absolute Gasteiger partial charge is 0.355 e. The lowest BCUT2D eigenvalue weighted by Crippen LogP contribution is -2.53. The topological polar surface area (TPSA) is 64.6 Å². The Morgan fingerprint density at radius 3 is 2.67 bits per heavy atom. The summed E-state index contributed by atoms with van der Waals surface area (Å²) in [5.41, 5.74) is 8.78. The van der Waals surface area contributed by atoms with Gasteiger partial charge in [-0.15, -0.1) is 0 Å². The second-order valence-corrected chi connectivity index (χ2v) is 9.62. The van der Waals surface area contributed by atoms with E-state index in [0.717, 1.165) is 68.7 Å². The number of carbonyl (C=O) groups is 1. The van der Waals surface area contributed by atoms with Crippen LogP contribution in [0.1, 0.15) is 36.8 Å². The average molecular weight is 443 g/mol. The van der Waals surface area contributed by atoms with Crippen molar-refractivity contribution in [1.82, 2.24) is 20.3 Å². The summed E-state index contributed by atoms with van der Waals surface area (Å²) in [4.78, 5) is 27.6. The standard InChI is InChI=1S/C26H30N6O/c1-30-23-9-4-6-19(20(23)16-28-30)18-32-13-5-10-26(25(32)33)11-14-31(15-12-26)24-17-27-21-7-2-3-8-22(21)29-24/h2-4,6-9,17,28H,5,10-16,18H2,1H3. The molecule has 33 heavy (non-hydrogen) atoms. The number of para-hydroxylation sites is 2. The second kappa shape index (κ2) is 7.99. The van der Waals surface area contributed by atoms with Crippen LogP contribution in [0.5, 0.6) is 0 Å². The van der Waals surface area contributed by atoms with Crippen molar-refractivity contribution < 1.29 is 4.79 Å². The van der Waals surface area contributed by atoms with E-state index in [0.29, 0.717) is 12.5 Å². The summed E-state index contributed by atoms with van der Waals surface area (Å²) in [7, 11) is 2.05. The monoisotopic (exact) mass is 442 g/mol. The molecule has 170 valence electrons. The molecule has 0 bridgehead atoms. The maximum atomic E-state index is 13.7. The molecule has 3 aliphatic heterocycles. The predicted octanol–water partition coefficient (Wildman–Crippen LogP) is 3.49. The van der Waals surface area contributed by atoms with E-state index in [2.05, 4.69) is 43.4 Å². The Morgan fingerprint density at radius 1 is 1.00 bits per heavy atom. The number of carbonyl (C=O) groups excluding carboxylic acids is 1. The molecule has 1 N–H and O–H groups in total. The van der Waals surface area contributed by atoms with E-state index >= 15 is 0 Å². The van der Waals surface area contributed by atoms with Gasteiger partial charge in [0.15, 0.2) is 0 Å². The van der Waals surface area contributed by atoms with Gasteiger partial charge >= 0.3 is 0 Å². The molecular formula is C26H30N6O. The number of rotatable bonds is 3. The number of nitrogens with zero attached hydrogens (tertiary/aromatic N) is 5. The van der Waals surface area contributed by atoms with Crippen molar-refractivity contribution in [2.24, 2.45) is 5.41 Å². The van der Waals surface area contributed by atoms with Crippen LogP contribution in [-0.4, -0.2) is 47.5 Å². The lowest BCUT2D eigenvalue weighted by Gasteiger charge is -2.46. The molecule has 4 heterocycles. The number of aromatic nitrogens is 2. The number of benzene rings is 2. The van der Waals surface area contributed by atoms with Crippen molar-refractivity contribution in [1.29, 1.82) is 0 Å². The Morgan fingerprint density at radius 2 is 1.82 bits per heavy atom. The molecule has 1 aromatic heterocycles. The third-order valence-corrected chi connectivity index (χ3v) is 7.77. The van der Waals surface area contributed by atoms with Crippen LogP contribution in [0.4, 0.5) is 11.5 Å². The van der Waals surface area contributed by atoms with Gasteiger partial charge in [0.1, 0.15) is 5.82 Å². The van der Waals surface area contributed by atoms with E-state index in [1.165, 1.54) is 16.8 Å². The summed E-state index contributed by atoms with van der Waals surface area (Å²) in [5, 5.41) is 2.07. The number of hydrogen-bond acceptors (Lipinski definition) is 6. The molecule has 2 aromatic carbocycles. The van der Waals surface area contributed by atoms with Crippen molar-refractivity contribution in [2.75, 3.05) is 36.6 Å². The number of hydrogen-bond donors (Lipinski definition) is 1. The average Bonchev–Trinajstić information content (AvgIpc) is 3.24. The van der Waals surface area contributed by atoms with Gasteiger partial charge in [-0.05, 0) is 55.0 Å². The van der Waals surface area contributed by atoms with Gasteiger partial charge in [-0.1, -0.05) is 24.3 Å². The van der Waals surface area contributed by atoms with Crippen LogP contribution in [0.2, 0.25) is 0 Å². The summed E-state index contributed by atoms with van der Waals surface area (Å²) in [5.74, 6) is 1.26. The Hall–Kier alpha value is -3.19. The first-order chi connectivity index (χ1) is 16.1. The number of likely N-dealkylation sites (tertiary alicyclic amines) is 1. The van der Waals surface area contributed by atoms with E-state index in [9.17, 15) is 4.79 Å². The van der Waals surface area contributed by atoms with E-state index in [-0.39, 0.29) is 5.41 Å². The summed E-state index contributed by atoms with van der Waals surface area (Å²) in [6, 6.07) is 14.4. The molecule has 0 radical (unpaired) electrons. The molecule has 6 rings (SSSR count). The summed E-state index contributed by atoms with van der Waals surface area (Å²) in [6.07, 6.45) is 5.71. The van der Waals surface area contributed by atoms with Crippen LogP contribution < -0.4 is 15.3 Å². The number of piperidine rings is 2. The number of nitrogens with one attached hydrogen (secondary N) is 1. The molecule has 0 aliphatic carbocycles. The lowest BCUT2D eigenvalue weighted by atomic mass is 9.71. The minimum atomic E-state index is -0.230. The second-order valence-electron chi connectivity index (χ2n) is 9.62. The molecule has 3 aromatic rings. The highest BCUT2D eigenvalue weighted by molar-refractivity contribution is 5.84. The third kappa shape index (κ3) is 3.51. The van der Waals surface area contributed by atoms with Gasteiger partial charge in [-0.25, -0.2) is 10.4 Å². The third-order valence-electron chi connectivity index (χ3n) is 7.77. The summed E-state index contributed by atoms with van der Waals surface area (Å²) >= 11 is 0. The summed E-state index contributed by atoms with van der Waals surface area (Å²) in [6.45, 7) is 4.09. The Balaban J connectivity index is 1.17. The predicted molar refractivity (Wildman–Crippen MR) is 130 cm³/mol. The molecule has 2 fully saturated rings. The van der Waals surface area contributed by atoms with Crippen molar-refractivity contribution >= 4 is 28.4 Å². The smallest absolute Gasteiger partial charge is 0.229 e. The van der Waals surface area contributed by atoms with E-state index in [1.807, 2.05) is 37.5 Å². The minimum absolute atomic E-state index is 0.230. The van der Waals surface area contributed by atoms with Crippen molar-refractivity contribution in [2.45, 2.75) is 38.8 Å². The van der Waals surface area contributed by atoms with Crippen molar-refractivity contribution in [3.05, 3.63) is 59.8 Å². The van der Waals surface area contributed by atoms with E-state index in [1.54, 1.807) is 0 Å². The van der Waals surface area contributed by atoms with E-state index < -0.39 is 0 Å². The summed E-state index contributed by atoms with van der Waals surface area (Å²) < 4.78 is 0. The molecular weight excluding hydrogens is 412 g/mol. The number of hydrazine groups is 1. The minimum Gasteiger partial charge on any atom is -0.355 e. The molecule has 1 spiro atoms. The van der Waals surface area contributed by atoms with Crippen LogP contribution in [0.25, 0.3) is 11.0 Å². The molecule has 3 aliphatic rings. The highest BCUT2D eigenvalue weighted by Crippen LogP contribution is 2.42. The maximum Gasteiger partial charge on any atom is 0.229 e. The Kier molecular flexibility index (Phi) is 4.94. The molecule has 7 heteroatoms. The lowest BCUT2D eigenvalue weighted by molar-refractivity contribution is -0.148. The number of amides is 1. The normalized spacial score (nSPS) is 20.0. The van der Waals surface area contributed by atoms with Crippen LogP contribution in [0, 0.1) is 5.41 Å². The molecule has 2 saturated heterocycles. The van der Waals surface area contributed by atoms with E-state index in [4.69, 9.17) is 4.98 Å². The zero-order chi connectivity index (χ0) is 22.4. The molecule has 0 unspecified atom stereocenters. The zero-order valence-corrected chi connectivity index (χ0v) is 19.1. The SMILES string of the molecule is CN1NCc2c(CN3CCCC4(CCN(c5cnc6ccccc6n5)CC4)C3=O)cccc21. The first kappa shape index (κ1) is 20.4. The first-order valence-electron chi connectivity index (χ1n) is 12.0. The van der Waals surface area contributed by atoms with Crippen LogP contribution in [0.3, 0.4) is 0 Å². The van der Waals surface area contributed by atoms with Crippen molar-refractivity contribution in [3.8, 4) is 0 Å².